The number of nitrogens with one attached hydrogen (secondary N) is 1. The third kappa shape index (κ3) is 4.09. The van der Waals surface area contributed by atoms with Gasteiger partial charge >= 0.3 is 0 Å². The summed E-state index contributed by atoms with van der Waals surface area (Å²) in [4.78, 5) is 0. The average Bonchev–Trinajstić information content (AvgIpc) is 2.44. The Morgan fingerprint density at radius 1 is 0.950 bits per heavy atom. The summed E-state index contributed by atoms with van der Waals surface area (Å²) in [5, 5.41) is 4.44. The fraction of sp³-hybridized carbons (Fsp3) is 0.333. The van der Waals surface area contributed by atoms with Gasteiger partial charge in [0.2, 0.25) is 0 Å². The van der Waals surface area contributed by atoms with E-state index >= 15 is 0 Å². The van der Waals surface area contributed by atoms with E-state index in [1.54, 1.807) is 0 Å². The zero-order valence-corrected chi connectivity index (χ0v) is 13.0. The first-order chi connectivity index (χ1) is 9.70. The van der Waals surface area contributed by atoms with E-state index in [1.165, 1.54) is 16.7 Å². The van der Waals surface area contributed by atoms with Gasteiger partial charge in [-0.2, -0.15) is 0 Å². The highest BCUT2D eigenvalue weighted by molar-refractivity contribution is 6.31. The maximum absolute atomic E-state index is 6.27. The van der Waals surface area contributed by atoms with E-state index in [0.29, 0.717) is 6.04 Å². The minimum Gasteiger partial charge on any atom is -0.314 e. The molecule has 0 saturated carbocycles. The molecule has 0 radical (unpaired) electrons. The largest absolute Gasteiger partial charge is 0.314 e. The molecule has 0 bridgehead atoms. The molecule has 2 aromatic rings. The molecule has 0 aromatic heterocycles. The normalized spacial score (nSPS) is 12.3. The molecule has 2 aromatic carbocycles. The summed E-state index contributed by atoms with van der Waals surface area (Å²) in [6.07, 6.45) is 1.99. The lowest BCUT2D eigenvalue weighted by Gasteiger charge is -2.20. The van der Waals surface area contributed by atoms with Crippen molar-refractivity contribution >= 4 is 11.6 Å². The van der Waals surface area contributed by atoms with Crippen LogP contribution in [0.15, 0.2) is 48.5 Å². The third-order valence-electron chi connectivity index (χ3n) is 3.64. The van der Waals surface area contributed by atoms with Crippen molar-refractivity contribution in [3.63, 3.8) is 0 Å². The van der Waals surface area contributed by atoms with E-state index in [-0.39, 0.29) is 0 Å². The second kappa shape index (κ2) is 7.47. The predicted molar refractivity (Wildman–Crippen MR) is 87.5 cm³/mol. The highest BCUT2D eigenvalue weighted by atomic mass is 35.5. The van der Waals surface area contributed by atoms with Crippen LogP contribution < -0.4 is 5.32 Å². The van der Waals surface area contributed by atoms with Crippen LogP contribution in [0, 0.1) is 6.92 Å². The molecule has 1 nitrogen and oxygen atoms in total. The Morgan fingerprint density at radius 3 is 2.20 bits per heavy atom. The van der Waals surface area contributed by atoms with Gasteiger partial charge < -0.3 is 5.32 Å². The van der Waals surface area contributed by atoms with Gasteiger partial charge in [-0.25, -0.2) is 0 Å². The van der Waals surface area contributed by atoms with Gasteiger partial charge in [0.15, 0.2) is 0 Å². The van der Waals surface area contributed by atoms with Crippen LogP contribution in [0.25, 0.3) is 0 Å². The summed E-state index contributed by atoms with van der Waals surface area (Å²) < 4.78 is 0. The molecule has 0 aliphatic heterocycles. The lowest BCUT2D eigenvalue weighted by molar-refractivity contribution is 0.520. The number of aryl methyl sites for hydroxylation is 1. The van der Waals surface area contributed by atoms with Gasteiger partial charge in [-0.3, -0.25) is 0 Å². The summed E-state index contributed by atoms with van der Waals surface area (Å²) in [7, 11) is 0. The zero-order chi connectivity index (χ0) is 14.4. The van der Waals surface area contributed by atoms with Crippen molar-refractivity contribution in [2.24, 2.45) is 0 Å². The quantitative estimate of drug-likeness (QED) is 0.830. The maximum atomic E-state index is 6.27. The first-order valence-corrected chi connectivity index (χ1v) is 7.59. The van der Waals surface area contributed by atoms with Crippen LogP contribution in [0.1, 0.15) is 23.6 Å². The van der Waals surface area contributed by atoms with Crippen molar-refractivity contribution in [1.29, 1.82) is 0 Å². The Balaban J connectivity index is 2.12. The molecule has 0 spiro atoms. The molecule has 0 saturated heterocycles. The van der Waals surface area contributed by atoms with Crippen molar-refractivity contribution in [1.82, 2.24) is 5.32 Å². The topological polar surface area (TPSA) is 12.0 Å². The zero-order valence-electron chi connectivity index (χ0n) is 12.2. The van der Waals surface area contributed by atoms with Gasteiger partial charge in [0, 0.05) is 11.1 Å². The molecule has 0 aliphatic carbocycles. The molecule has 2 rings (SSSR count). The molecule has 106 valence electrons. The Hall–Kier alpha value is -1.31. The molecule has 0 fully saturated rings. The van der Waals surface area contributed by atoms with Gasteiger partial charge in [-0.15, -0.1) is 0 Å². The summed E-state index contributed by atoms with van der Waals surface area (Å²) in [6, 6.07) is 17.1. The van der Waals surface area contributed by atoms with Crippen LogP contribution in [0.2, 0.25) is 5.02 Å². The van der Waals surface area contributed by atoms with E-state index in [9.17, 15) is 0 Å². The van der Waals surface area contributed by atoms with Gasteiger partial charge in [-0.05, 0) is 49.1 Å². The summed E-state index contributed by atoms with van der Waals surface area (Å²) in [6.45, 7) is 5.30. The van der Waals surface area contributed by atoms with Crippen LogP contribution in [0.5, 0.6) is 0 Å². The molecule has 1 unspecified atom stereocenters. The van der Waals surface area contributed by atoms with Crippen LogP contribution in [0.4, 0.5) is 0 Å². The molecule has 1 N–H and O–H groups in total. The summed E-state index contributed by atoms with van der Waals surface area (Å²) in [5.74, 6) is 0. The number of halogens is 1. The number of likely N-dealkylation sites (N-methyl/N-ethyl adjacent to an activating group) is 1. The van der Waals surface area contributed by atoms with E-state index in [0.717, 1.165) is 24.4 Å². The van der Waals surface area contributed by atoms with Gasteiger partial charge in [0.05, 0.1) is 0 Å². The molecular weight excluding hydrogens is 266 g/mol. The number of benzene rings is 2. The minimum atomic E-state index is 0.418. The fourth-order valence-corrected chi connectivity index (χ4v) is 2.75. The highest BCUT2D eigenvalue weighted by Crippen LogP contribution is 2.19. The first kappa shape index (κ1) is 15.1. The van der Waals surface area contributed by atoms with Crippen molar-refractivity contribution in [3.05, 3.63) is 70.2 Å². The lowest BCUT2D eigenvalue weighted by atomic mass is 9.96. The second-order valence-corrected chi connectivity index (χ2v) is 5.59. The molecular formula is C18H22ClN. The van der Waals surface area contributed by atoms with Crippen LogP contribution in [0.3, 0.4) is 0 Å². The van der Waals surface area contributed by atoms with Crippen molar-refractivity contribution < 1.29 is 0 Å². The Morgan fingerprint density at radius 2 is 1.55 bits per heavy atom. The lowest BCUT2D eigenvalue weighted by Crippen LogP contribution is -2.33. The van der Waals surface area contributed by atoms with Crippen molar-refractivity contribution in [2.45, 2.75) is 32.7 Å². The van der Waals surface area contributed by atoms with Crippen LogP contribution in [-0.2, 0) is 12.8 Å². The Bertz CT molecular complexity index is 503. The standard InChI is InChI=1S/C18H22ClN/c1-3-20-17(12-15-9-5-4-8-14(15)2)13-16-10-6-7-11-18(16)19/h4-11,17,20H,3,12-13H2,1-2H3. The van der Waals surface area contributed by atoms with Gasteiger partial charge in [0.25, 0.3) is 0 Å². The Labute approximate surface area is 127 Å². The SMILES string of the molecule is CCNC(Cc1ccccc1C)Cc1ccccc1Cl. The summed E-state index contributed by atoms with van der Waals surface area (Å²) in [5.41, 5.74) is 3.98. The molecule has 0 aliphatic rings. The second-order valence-electron chi connectivity index (χ2n) is 5.18. The fourth-order valence-electron chi connectivity index (χ4n) is 2.54. The molecule has 20 heavy (non-hydrogen) atoms. The van der Waals surface area contributed by atoms with E-state index in [2.05, 4.69) is 55.6 Å². The first-order valence-electron chi connectivity index (χ1n) is 7.22. The minimum absolute atomic E-state index is 0.418. The number of hydrogen-bond acceptors (Lipinski definition) is 1. The van der Waals surface area contributed by atoms with Crippen LogP contribution >= 0.6 is 11.6 Å². The molecule has 1 atom stereocenters. The predicted octanol–water partition coefficient (Wildman–Crippen LogP) is 4.41. The highest BCUT2D eigenvalue weighted by Gasteiger charge is 2.12. The third-order valence-corrected chi connectivity index (χ3v) is 4.01. The monoisotopic (exact) mass is 287 g/mol. The maximum Gasteiger partial charge on any atom is 0.0438 e. The van der Waals surface area contributed by atoms with E-state index in [1.807, 2.05) is 12.1 Å². The number of rotatable bonds is 6. The van der Waals surface area contributed by atoms with Crippen LogP contribution in [-0.4, -0.2) is 12.6 Å². The van der Waals surface area contributed by atoms with E-state index in [4.69, 9.17) is 11.6 Å². The van der Waals surface area contributed by atoms with Gasteiger partial charge in [0.1, 0.15) is 0 Å². The molecule has 0 heterocycles. The smallest absolute Gasteiger partial charge is 0.0438 e. The van der Waals surface area contributed by atoms with E-state index < -0.39 is 0 Å². The molecule has 2 heteroatoms. The Kier molecular flexibility index (Phi) is 5.63. The van der Waals surface area contributed by atoms with Crippen molar-refractivity contribution in [3.8, 4) is 0 Å². The molecule has 0 amide bonds. The van der Waals surface area contributed by atoms with Gasteiger partial charge in [-0.1, -0.05) is 61.0 Å². The van der Waals surface area contributed by atoms with Crippen molar-refractivity contribution in [2.75, 3.05) is 6.54 Å². The summed E-state index contributed by atoms with van der Waals surface area (Å²) >= 11 is 6.27. The average molecular weight is 288 g/mol. The number of hydrogen-bond donors (Lipinski definition) is 1.